The van der Waals surface area contributed by atoms with E-state index in [2.05, 4.69) is 4.98 Å². The molecule has 4 aromatic rings. The number of rotatable bonds is 5. The number of phenols is 1. The fraction of sp³-hybridized carbons (Fsp3) is 0.0870. The van der Waals surface area contributed by atoms with Crippen molar-refractivity contribution in [2.24, 2.45) is 0 Å². The second-order valence-electron chi connectivity index (χ2n) is 6.99. The molecule has 0 atom stereocenters. The third kappa shape index (κ3) is 3.77. The molecule has 6 heteroatoms. The first-order valence-corrected chi connectivity index (χ1v) is 9.47. The van der Waals surface area contributed by atoms with Gasteiger partial charge in [0.1, 0.15) is 5.75 Å². The van der Waals surface area contributed by atoms with E-state index in [1.54, 1.807) is 6.07 Å². The molecule has 1 heterocycles. The molecule has 5 nitrogen and oxygen atoms in total. The Bertz CT molecular complexity index is 1220. The van der Waals surface area contributed by atoms with Gasteiger partial charge in [-0.05, 0) is 47.0 Å². The number of aliphatic carboxylic acids is 1. The zero-order chi connectivity index (χ0) is 20.5. The van der Waals surface area contributed by atoms with Crippen LogP contribution in [0.1, 0.15) is 16.7 Å². The van der Waals surface area contributed by atoms with E-state index in [1.165, 1.54) is 6.07 Å². The largest absolute Gasteiger partial charge is 0.506 e. The molecular formula is C23H19ClN2O3. The molecule has 0 aliphatic carbocycles. The summed E-state index contributed by atoms with van der Waals surface area (Å²) in [6, 6.07) is 18.7. The first kappa shape index (κ1) is 18.9. The lowest BCUT2D eigenvalue weighted by atomic mass is 9.96. The van der Waals surface area contributed by atoms with Crippen LogP contribution in [0, 0.1) is 0 Å². The molecule has 0 unspecified atom stereocenters. The molecular weight excluding hydrogens is 388 g/mol. The SMILES string of the molecule is Nc1ccc2[nH]c(-c3cc(CC(=O)O)cc(Cl)c3O)c(Cc3ccccc3)c2c1. The van der Waals surface area contributed by atoms with Crippen molar-refractivity contribution < 1.29 is 15.0 Å². The number of nitrogens with two attached hydrogens (primary N) is 1. The highest BCUT2D eigenvalue weighted by molar-refractivity contribution is 6.32. The molecule has 0 radical (unpaired) electrons. The zero-order valence-electron chi connectivity index (χ0n) is 15.4. The van der Waals surface area contributed by atoms with Crippen molar-refractivity contribution in [1.29, 1.82) is 0 Å². The van der Waals surface area contributed by atoms with Crippen molar-refractivity contribution in [3.05, 3.63) is 82.4 Å². The van der Waals surface area contributed by atoms with Crippen LogP contribution in [0.25, 0.3) is 22.2 Å². The Hall–Kier alpha value is -3.44. The van der Waals surface area contributed by atoms with Gasteiger partial charge < -0.3 is 20.9 Å². The molecule has 0 bridgehead atoms. The summed E-state index contributed by atoms with van der Waals surface area (Å²) in [5, 5.41) is 20.9. The number of aromatic nitrogens is 1. The highest BCUT2D eigenvalue weighted by atomic mass is 35.5. The lowest BCUT2D eigenvalue weighted by molar-refractivity contribution is -0.136. The summed E-state index contributed by atoms with van der Waals surface area (Å²) in [4.78, 5) is 14.5. The van der Waals surface area contributed by atoms with E-state index in [0.717, 1.165) is 22.0 Å². The number of nitrogens with one attached hydrogen (secondary N) is 1. The molecule has 29 heavy (non-hydrogen) atoms. The van der Waals surface area contributed by atoms with Crippen molar-refractivity contribution >= 4 is 34.2 Å². The lowest BCUT2D eigenvalue weighted by Gasteiger charge is -2.11. The number of carboxylic acid groups (broad SMARTS) is 1. The summed E-state index contributed by atoms with van der Waals surface area (Å²) in [5.74, 6) is -1.05. The number of hydrogen-bond acceptors (Lipinski definition) is 3. The zero-order valence-corrected chi connectivity index (χ0v) is 16.2. The maximum absolute atomic E-state index is 11.2. The Morgan fingerprint density at radius 1 is 1.03 bits per heavy atom. The van der Waals surface area contributed by atoms with E-state index in [0.29, 0.717) is 28.9 Å². The van der Waals surface area contributed by atoms with E-state index < -0.39 is 5.97 Å². The van der Waals surface area contributed by atoms with Crippen LogP contribution in [0.5, 0.6) is 5.75 Å². The van der Waals surface area contributed by atoms with Gasteiger partial charge in [0.05, 0.1) is 17.1 Å². The highest BCUT2D eigenvalue weighted by Crippen LogP contribution is 2.41. The molecule has 0 amide bonds. The second kappa shape index (κ2) is 7.53. The number of aromatic hydroxyl groups is 1. The van der Waals surface area contributed by atoms with Crippen LogP contribution in [-0.2, 0) is 17.6 Å². The standard InChI is InChI=1S/C23H19ClN2O3/c24-19-10-14(11-21(27)28)9-18(23(19)29)22-17(8-13-4-2-1-3-5-13)16-12-15(25)6-7-20(16)26-22/h1-7,9-10,12,26,29H,8,11,25H2,(H,27,28). The Kier molecular flexibility index (Phi) is 4.91. The molecule has 5 N–H and O–H groups in total. The maximum Gasteiger partial charge on any atom is 0.307 e. The number of nitrogen functional groups attached to an aromatic ring is 1. The predicted octanol–water partition coefficient (Wildman–Crippen LogP) is 4.99. The first-order chi connectivity index (χ1) is 13.9. The average Bonchev–Trinajstić information content (AvgIpc) is 3.02. The number of carbonyl (C=O) groups is 1. The van der Waals surface area contributed by atoms with E-state index in [-0.39, 0.29) is 17.2 Å². The van der Waals surface area contributed by atoms with Crippen molar-refractivity contribution in [2.75, 3.05) is 5.73 Å². The van der Waals surface area contributed by atoms with Crippen LogP contribution in [0.2, 0.25) is 5.02 Å². The summed E-state index contributed by atoms with van der Waals surface area (Å²) >= 11 is 6.21. The Morgan fingerprint density at radius 2 is 1.79 bits per heavy atom. The fourth-order valence-corrected chi connectivity index (χ4v) is 3.84. The minimum Gasteiger partial charge on any atom is -0.506 e. The molecule has 0 spiro atoms. The van der Waals surface area contributed by atoms with Crippen LogP contribution < -0.4 is 5.73 Å². The van der Waals surface area contributed by atoms with Crippen LogP contribution in [0.4, 0.5) is 5.69 Å². The average molecular weight is 407 g/mol. The number of benzene rings is 3. The summed E-state index contributed by atoms with van der Waals surface area (Å²) in [7, 11) is 0. The molecule has 4 rings (SSSR count). The number of aromatic amines is 1. The second-order valence-corrected chi connectivity index (χ2v) is 7.40. The summed E-state index contributed by atoms with van der Waals surface area (Å²) in [6.07, 6.45) is 0.425. The minimum absolute atomic E-state index is 0.0883. The lowest BCUT2D eigenvalue weighted by Crippen LogP contribution is -2.01. The number of carboxylic acids is 1. The van der Waals surface area contributed by atoms with Crippen LogP contribution in [0.15, 0.2) is 60.7 Å². The molecule has 146 valence electrons. The number of H-pyrrole nitrogens is 1. The van der Waals surface area contributed by atoms with Crippen molar-refractivity contribution in [2.45, 2.75) is 12.8 Å². The third-order valence-electron chi connectivity index (χ3n) is 4.90. The van der Waals surface area contributed by atoms with Crippen molar-refractivity contribution in [1.82, 2.24) is 4.98 Å². The normalized spacial score (nSPS) is 11.1. The third-order valence-corrected chi connectivity index (χ3v) is 5.19. The van der Waals surface area contributed by atoms with Gasteiger partial charge in [0, 0.05) is 28.6 Å². The van der Waals surface area contributed by atoms with E-state index >= 15 is 0 Å². The number of anilines is 1. The van der Waals surface area contributed by atoms with Crippen LogP contribution in [-0.4, -0.2) is 21.2 Å². The molecule has 1 aromatic heterocycles. The van der Waals surface area contributed by atoms with E-state index in [4.69, 9.17) is 22.4 Å². The smallest absolute Gasteiger partial charge is 0.307 e. The van der Waals surface area contributed by atoms with Crippen molar-refractivity contribution in [3.63, 3.8) is 0 Å². The fourth-order valence-electron chi connectivity index (χ4n) is 3.60. The molecule has 0 fully saturated rings. The van der Waals surface area contributed by atoms with Gasteiger partial charge in [-0.2, -0.15) is 0 Å². The van der Waals surface area contributed by atoms with Gasteiger partial charge in [-0.25, -0.2) is 0 Å². The van der Waals surface area contributed by atoms with Gasteiger partial charge >= 0.3 is 5.97 Å². The van der Waals surface area contributed by atoms with Crippen molar-refractivity contribution in [3.8, 4) is 17.0 Å². The summed E-state index contributed by atoms with van der Waals surface area (Å²) in [5.41, 5.74) is 11.3. The monoisotopic (exact) mass is 406 g/mol. The molecule has 0 saturated heterocycles. The maximum atomic E-state index is 11.2. The van der Waals surface area contributed by atoms with E-state index in [9.17, 15) is 9.90 Å². The number of halogens is 1. The van der Waals surface area contributed by atoms with Gasteiger partial charge in [-0.15, -0.1) is 0 Å². The van der Waals surface area contributed by atoms with Gasteiger partial charge in [0.15, 0.2) is 0 Å². The van der Waals surface area contributed by atoms with Crippen LogP contribution in [0.3, 0.4) is 0 Å². The Morgan fingerprint density at radius 3 is 2.52 bits per heavy atom. The Balaban J connectivity index is 1.95. The van der Waals surface area contributed by atoms with Gasteiger partial charge in [-0.3, -0.25) is 4.79 Å². The Labute approximate surface area is 172 Å². The van der Waals surface area contributed by atoms with Gasteiger partial charge in [-0.1, -0.05) is 41.9 Å². The quantitative estimate of drug-likeness (QED) is 0.351. The number of fused-ring (bicyclic) bond motifs is 1. The molecule has 0 aliphatic rings. The molecule has 0 saturated carbocycles. The van der Waals surface area contributed by atoms with E-state index in [1.807, 2.05) is 48.5 Å². The predicted molar refractivity (Wildman–Crippen MR) is 115 cm³/mol. The minimum atomic E-state index is -0.966. The topological polar surface area (TPSA) is 99.3 Å². The molecule has 0 aliphatic heterocycles. The molecule has 3 aromatic carbocycles. The number of hydrogen-bond donors (Lipinski definition) is 4. The van der Waals surface area contributed by atoms with Gasteiger partial charge in [0.25, 0.3) is 0 Å². The summed E-state index contributed by atoms with van der Waals surface area (Å²) < 4.78 is 0. The van der Waals surface area contributed by atoms with Crippen LogP contribution >= 0.6 is 11.6 Å². The first-order valence-electron chi connectivity index (χ1n) is 9.10. The van der Waals surface area contributed by atoms with Gasteiger partial charge in [0.2, 0.25) is 0 Å². The number of phenolic OH excluding ortho intramolecular Hbond substituents is 1. The highest BCUT2D eigenvalue weighted by Gasteiger charge is 2.19. The summed E-state index contributed by atoms with van der Waals surface area (Å²) in [6.45, 7) is 0.